The van der Waals surface area contributed by atoms with Crippen molar-refractivity contribution in [1.82, 2.24) is 15.1 Å². The van der Waals surface area contributed by atoms with Crippen LogP contribution < -0.4 is 14.4 Å². The monoisotopic (exact) mass is 478 g/mol. The molecule has 3 N–H and O–H groups in total. The Labute approximate surface area is 196 Å². The van der Waals surface area contributed by atoms with Gasteiger partial charge in [-0.3, -0.25) is 4.79 Å². The lowest BCUT2D eigenvalue weighted by Crippen LogP contribution is -2.54. The minimum Gasteiger partial charge on any atom is -0.493 e. The van der Waals surface area contributed by atoms with Gasteiger partial charge in [-0.15, -0.1) is 10.2 Å². The molecule has 2 aliphatic heterocycles. The van der Waals surface area contributed by atoms with Crippen LogP contribution in [0.4, 0.5) is 5.13 Å². The van der Waals surface area contributed by atoms with Crippen molar-refractivity contribution in [2.24, 2.45) is 5.41 Å². The summed E-state index contributed by atoms with van der Waals surface area (Å²) in [5, 5.41) is 38.4. The lowest BCUT2D eigenvalue weighted by atomic mass is 9.72. The molecule has 2 fully saturated rings. The van der Waals surface area contributed by atoms with E-state index in [9.17, 15) is 20.1 Å². The molecule has 0 bridgehead atoms. The third-order valence-corrected chi connectivity index (χ3v) is 7.56. The molecule has 0 aliphatic carbocycles. The molecule has 2 aliphatic rings. The highest BCUT2D eigenvalue weighted by molar-refractivity contribution is 7.13. The van der Waals surface area contributed by atoms with Crippen molar-refractivity contribution >= 4 is 22.4 Å². The summed E-state index contributed by atoms with van der Waals surface area (Å²) in [4.78, 5) is 16.1. The van der Waals surface area contributed by atoms with Crippen molar-refractivity contribution in [1.29, 1.82) is 0 Å². The summed E-state index contributed by atoms with van der Waals surface area (Å²) in [5.74, 6) is 0.474. The van der Waals surface area contributed by atoms with E-state index < -0.39 is 30.1 Å². The molecule has 2 aromatic rings. The topological polar surface area (TPSA) is 128 Å². The molecule has 4 atom stereocenters. The van der Waals surface area contributed by atoms with E-state index in [1.165, 1.54) is 16.2 Å². The average molecular weight is 479 g/mol. The number of carbonyl (C=O) groups excluding carboxylic acids is 1. The third kappa shape index (κ3) is 4.50. The van der Waals surface area contributed by atoms with Crippen LogP contribution in [0.2, 0.25) is 0 Å². The van der Waals surface area contributed by atoms with Gasteiger partial charge in [-0.25, -0.2) is 0 Å². The van der Waals surface area contributed by atoms with E-state index in [1.54, 1.807) is 19.5 Å². The number of hydrogen-bond donors (Lipinski definition) is 3. The second kappa shape index (κ2) is 9.41. The van der Waals surface area contributed by atoms with Gasteiger partial charge in [0.15, 0.2) is 17.6 Å². The molecule has 11 heteroatoms. The number of methoxy groups -OCH3 is 1. The number of amides is 1. The fraction of sp³-hybridized carbons (Fsp3) is 0.591. The number of nitrogens with zero attached hydrogens (tertiary/aromatic N) is 4. The van der Waals surface area contributed by atoms with Crippen LogP contribution in [-0.4, -0.2) is 94.5 Å². The maximum atomic E-state index is 12.5. The van der Waals surface area contributed by atoms with Crippen molar-refractivity contribution in [2.75, 3.05) is 44.8 Å². The first-order valence-electron chi connectivity index (χ1n) is 10.9. The summed E-state index contributed by atoms with van der Waals surface area (Å²) in [5.41, 5.74) is 1.97. The van der Waals surface area contributed by atoms with Crippen molar-refractivity contribution in [3.05, 3.63) is 29.3 Å². The Kier molecular flexibility index (Phi) is 6.76. The maximum Gasteiger partial charge on any atom is 0.253 e. The Morgan fingerprint density at radius 3 is 2.67 bits per heavy atom. The van der Waals surface area contributed by atoms with Crippen molar-refractivity contribution < 1.29 is 29.6 Å². The predicted molar refractivity (Wildman–Crippen MR) is 122 cm³/mol. The fourth-order valence-electron chi connectivity index (χ4n) is 4.54. The number of carbonyl (C=O) groups is 1. The Hall–Kier alpha value is -2.47. The molecule has 10 nitrogen and oxygen atoms in total. The quantitative estimate of drug-likeness (QED) is 0.496. The minimum atomic E-state index is -1.47. The Balaban J connectivity index is 1.54. The van der Waals surface area contributed by atoms with Crippen LogP contribution in [0, 0.1) is 5.41 Å². The number of aromatic nitrogens is 2. The average Bonchev–Trinajstić information content (AvgIpc) is 3.43. The van der Waals surface area contributed by atoms with Crippen molar-refractivity contribution in [3.8, 4) is 11.5 Å². The summed E-state index contributed by atoms with van der Waals surface area (Å²) in [7, 11) is 1.59. The van der Waals surface area contributed by atoms with E-state index in [-0.39, 0.29) is 18.6 Å². The second-order valence-corrected chi connectivity index (χ2v) is 9.74. The van der Waals surface area contributed by atoms with Crippen LogP contribution in [0.1, 0.15) is 25.3 Å². The van der Waals surface area contributed by atoms with Gasteiger partial charge in [0, 0.05) is 24.4 Å². The van der Waals surface area contributed by atoms with Crippen LogP contribution in [0.5, 0.6) is 11.5 Å². The zero-order chi connectivity index (χ0) is 23.8. The molecular formula is C22H30N4O6S. The molecule has 1 amide bonds. The van der Waals surface area contributed by atoms with Gasteiger partial charge in [0.25, 0.3) is 5.91 Å². The van der Waals surface area contributed by atoms with Gasteiger partial charge >= 0.3 is 0 Å². The van der Waals surface area contributed by atoms with Gasteiger partial charge in [-0.2, -0.15) is 0 Å². The van der Waals surface area contributed by atoms with Gasteiger partial charge in [0.05, 0.1) is 32.9 Å². The standard InChI is InChI=1S/C22H30N4O6S/c1-13(28)22(2)11-26(20(30)17(29)10-27)9-16(22)14-4-5-18(31-3)19(6-14)32-15-7-25(8-15)21-24-23-12-33-21/h4-6,12-13,15-17,27-29H,7-11H2,1-3H3/t13?,16-,17?,22-/m0/s1. The van der Waals surface area contributed by atoms with Gasteiger partial charge in [0.2, 0.25) is 5.13 Å². The third-order valence-electron chi connectivity index (χ3n) is 6.81. The molecule has 2 unspecified atom stereocenters. The summed E-state index contributed by atoms with van der Waals surface area (Å²) in [6.45, 7) is 4.97. The maximum absolute atomic E-state index is 12.5. The van der Waals surface area contributed by atoms with E-state index in [0.717, 1.165) is 10.7 Å². The first-order chi connectivity index (χ1) is 15.8. The van der Waals surface area contributed by atoms with Crippen molar-refractivity contribution in [3.63, 3.8) is 0 Å². The molecule has 3 heterocycles. The van der Waals surface area contributed by atoms with E-state index in [0.29, 0.717) is 31.1 Å². The van der Waals surface area contributed by atoms with E-state index in [2.05, 4.69) is 15.1 Å². The van der Waals surface area contributed by atoms with Crippen LogP contribution in [0.25, 0.3) is 0 Å². The highest BCUT2D eigenvalue weighted by Crippen LogP contribution is 2.47. The molecular weight excluding hydrogens is 448 g/mol. The van der Waals surface area contributed by atoms with Crippen LogP contribution >= 0.6 is 11.3 Å². The smallest absolute Gasteiger partial charge is 0.253 e. The van der Waals surface area contributed by atoms with E-state index >= 15 is 0 Å². The second-order valence-electron chi connectivity index (χ2n) is 8.93. The molecule has 33 heavy (non-hydrogen) atoms. The summed E-state index contributed by atoms with van der Waals surface area (Å²) < 4.78 is 11.7. The van der Waals surface area contributed by atoms with E-state index in [1.807, 2.05) is 25.1 Å². The summed E-state index contributed by atoms with van der Waals surface area (Å²) in [6.07, 6.45) is -2.20. The Bertz CT molecular complexity index is 968. The highest BCUT2D eigenvalue weighted by atomic mass is 32.1. The zero-order valence-electron chi connectivity index (χ0n) is 18.9. The van der Waals surface area contributed by atoms with Gasteiger partial charge in [-0.05, 0) is 24.6 Å². The SMILES string of the molecule is COc1ccc([C@@H]2CN(C(=O)C(O)CO)C[C@@]2(C)C(C)O)cc1OC1CN(c2nncs2)C1. The molecule has 180 valence electrons. The Morgan fingerprint density at radius 1 is 1.30 bits per heavy atom. The zero-order valence-corrected chi connectivity index (χ0v) is 19.7. The number of benzene rings is 1. The molecule has 2 saturated heterocycles. The number of rotatable bonds is 8. The van der Waals surface area contributed by atoms with Crippen LogP contribution in [0.15, 0.2) is 23.7 Å². The number of hydrogen-bond acceptors (Lipinski definition) is 10. The summed E-state index contributed by atoms with van der Waals surface area (Å²) in [6, 6.07) is 5.66. The Morgan fingerprint density at radius 2 is 2.06 bits per heavy atom. The number of aliphatic hydroxyl groups excluding tert-OH is 3. The number of aliphatic hydroxyl groups is 3. The van der Waals surface area contributed by atoms with Gasteiger partial charge in [0.1, 0.15) is 11.6 Å². The normalized spacial score (nSPS) is 25.0. The summed E-state index contributed by atoms with van der Waals surface area (Å²) >= 11 is 1.48. The number of ether oxygens (including phenoxy) is 2. The molecule has 1 aromatic heterocycles. The predicted octanol–water partition coefficient (Wildman–Crippen LogP) is 0.480. The van der Waals surface area contributed by atoms with Crippen molar-refractivity contribution in [2.45, 2.75) is 38.1 Å². The molecule has 4 rings (SSSR count). The highest BCUT2D eigenvalue weighted by Gasteiger charge is 2.49. The first-order valence-corrected chi connectivity index (χ1v) is 11.8. The number of likely N-dealkylation sites (tertiary alicyclic amines) is 1. The van der Waals surface area contributed by atoms with Crippen LogP contribution in [0.3, 0.4) is 0 Å². The van der Waals surface area contributed by atoms with E-state index in [4.69, 9.17) is 9.47 Å². The largest absolute Gasteiger partial charge is 0.493 e. The lowest BCUT2D eigenvalue weighted by Gasteiger charge is -2.39. The minimum absolute atomic E-state index is 0.0254. The molecule has 0 saturated carbocycles. The lowest BCUT2D eigenvalue weighted by molar-refractivity contribution is -0.141. The van der Waals surface area contributed by atoms with Gasteiger partial charge in [-0.1, -0.05) is 24.3 Å². The van der Waals surface area contributed by atoms with Crippen LogP contribution in [-0.2, 0) is 4.79 Å². The fourth-order valence-corrected chi connectivity index (χ4v) is 5.12. The molecule has 0 radical (unpaired) electrons. The molecule has 0 spiro atoms. The molecule has 1 aromatic carbocycles. The first kappa shape index (κ1) is 23.7. The number of anilines is 1. The van der Waals surface area contributed by atoms with Gasteiger partial charge < -0.3 is 34.6 Å².